The fourth-order valence-corrected chi connectivity index (χ4v) is 1.48. The van der Waals surface area contributed by atoms with Gasteiger partial charge in [-0.15, -0.1) is 0 Å². The Kier molecular flexibility index (Phi) is 5.42. The zero-order chi connectivity index (χ0) is 12.7. The first-order valence-corrected chi connectivity index (χ1v) is 5.81. The van der Waals surface area contributed by atoms with Crippen LogP contribution in [0.4, 0.5) is 5.69 Å². The predicted molar refractivity (Wildman–Crippen MR) is 72.3 cm³/mol. The second kappa shape index (κ2) is 6.85. The molecule has 17 heavy (non-hydrogen) atoms. The molecule has 2 N–H and O–H groups in total. The van der Waals surface area contributed by atoms with Crippen molar-refractivity contribution >= 4 is 29.0 Å². The van der Waals surface area contributed by atoms with Crippen molar-refractivity contribution in [3.05, 3.63) is 29.8 Å². The van der Waals surface area contributed by atoms with Gasteiger partial charge < -0.3 is 15.4 Å². The molecule has 1 aromatic rings. The third-order valence-electron chi connectivity index (χ3n) is 2.08. The van der Waals surface area contributed by atoms with E-state index >= 15 is 0 Å². The van der Waals surface area contributed by atoms with Gasteiger partial charge in [0.2, 0.25) is 0 Å². The van der Waals surface area contributed by atoms with Crippen LogP contribution in [0.25, 0.3) is 0 Å². The Bertz CT molecular complexity index is 407. The molecule has 1 rings (SSSR count). The molecule has 0 aliphatic heterocycles. The third kappa shape index (κ3) is 4.40. The molecule has 1 aromatic carbocycles. The van der Waals surface area contributed by atoms with Crippen LogP contribution in [-0.2, 0) is 4.74 Å². The van der Waals surface area contributed by atoms with Gasteiger partial charge in [-0.2, -0.15) is 0 Å². The first-order valence-electron chi connectivity index (χ1n) is 5.40. The van der Waals surface area contributed by atoms with Crippen LogP contribution in [0, 0.1) is 0 Å². The van der Waals surface area contributed by atoms with E-state index in [4.69, 9.17) is 12.2 Å². The van der Waals surface area contributed by atoms with E-state index in [1.807, 2.05) is 6.07 Å². The average Bonchev–Trinajstić information content (AvgIpc) is 2.35. The number of benzene rings is 1. The number of thiocarbonyl (C=S) groups is 1. The highest BCUT2D eigenvalue weighted by Crippen LogP contribution is 2.11. The molecule has 0 saturated carbocycles. The summed E-state index contributed by atoms with van der Waals surface area (Å²) < 4.78 is 4.65. The molecule has 0 saturated heterocycles. The lowest BCUT2D eigenvalue weighted by Gasteiger charge is -2.10. The molecule has 0 aliphatic rings. The summed E-state index contributed by atoms with van der Waals surface area (Å²) in [5, 5.41) is 6.61. The molecule has 0 amide bonds. The van der Waals surface area contributed by atoms with Gasteiger partial charge in [0, 0.05) is 12.2 Å². The van der Waals surface area contributed by atoms with Gasteiger partial charge in [0.15, 0.2) is 5.11 Å². The van der Waals surface area contributed by atoms with Crippen LogP contribution >= 0.6 is 12.2 Å². The summed E-state index contributed by atoms with van der Waals surface area (Å²) in [5.74, 6) is -0.360. The first kappa shape index (κ1) is 13.4. The second-order valence-corrected chi connectivity index (χ2v) is 3.86. The van der Waals surface area contributed by atoms with Crippen LogP contribution in [0.15, 0.2) is 24.3 Å². The van der Waals surface area contributed by atoms with Gasteiger partial charge in [-0.3, -0.25) is 0 Å². The minimum absolute atomic E-state index is 0.360. The number of anilines is 1. The number of hydrogen-bond acceptors (Lipinski definition) is 3. The van der Waals surface area contributed by atoms with E-state index in [1.165, 1.54) is 7.11 Å². The lowest BCUT2D eigenvalue weighted by Crippen LogP contribution is -2.28. The Labute approximate surface area is 106 Å². The van der Waals surface area contributed by atoms with Gasteiger partial charge in [-0.05, 0) is 36.8 Å². The molecule has 92 valence electrons. The highest BCUT2D eigenvalue weighted by atomic mass is 32.1. The Morgan fingerprint density at radius 2 is 2.24 bits per heavy atom. The van der Waals surface area contributed by atoms with Crippen LogP contribution in [0.3, 0.4) is 0 Å². The summed E-state index contributed by atoms with van der Waals surface area (Å²) in [6.07, 6.45) is 1.00. The molecule has 0 unspecified atom stereocenters. The molecule has 0 bridgehead atoms. The Morgan fingerprint density at radius 3 is 2.88 bits per heavy atom. The molecule has 0 aliphatic carbocycles. The standard InChI is InChI=1S/C12H16N2O2S/c1-3-7-13-12(17)14-10-6-4-5-9(8-10)11(15)16-2/h4-6,8H,3,7H2,1-2H3,(H2,13,14,17). The number of hydrogen-bond donors (Lipinski definition) is 2. The topological polar surface area (TPSA) is 50.4 Å². The number of rotatable bonds is 4. The molecule has 0 heterocycles. The minimum Gasteiger partial charge on any atom is -0.465 e. The van der Waals surface area contributed by atoms with Crippen molar-refractivity contribution in [3.8, 4) is 0 Å². The summed E-state index contributed by atoms with van der Waals surface area (Å²) in [7, 11) is 1.36. The summed E-state index contributed by atoms with van der Waals surface area (Å²) >= 11 is 5.10. The van der Waals surface area contributed by atoms with E-state index in [-0.39, 0.29) is 5.97 Å². The SMILES string of the molecule is CCCNC(=S)Nc1cccc(C(=O)OC)c1. The number of esters is 1. The number of methoxy groups -OCH3 is 1. The zero-order valence-electron chi connectivity index (χ0n) is 9.95. The van der Waals surface area contributed by atoms with Crippen LogP contribution < -0.4 is 10.6 Å². The fraction of sp³-hybridized carbons (Fsp3) is 0.333. The summed E-state index contributed by atoms with van der Waals surface area (Å²) in [4.78, 5) is 11.3. The fourth-order valence-electron chi connectivity index (χ4n) is 1.26. The van der Waals surface area contributed by atoms with Crippen LogP contribution in [0.2, 0.25) is 0 Å². The molecule has 0 radical (unpaired) electrons. The van der Waals surface area contributed by atoms with E-state index < -0.39 is 0 Å². The molecule has 0 aromatic heterocycles. The molecule has 4 nitrogen and oxygen atoms in total. The summed E-state index contributed by atoms with van der Waals surface area (Å²) in [6, 6.07) is 7.01. The zero-order valence-corrected chi connectivity index (χ0v) is 10.8. The molecule has 0 spiro atoms. The van der Waals surface area contributed by atoms with Gasteiger partial charge >= 0.3 is 5.97 Å². The van der Waals surface area contributed by atoms with Gasteiger partial charge in [-0.25, -0.2) is 4.79 Å². The number of carbonyl (C=O) groups excluding carboxylic acids is 1. The van der Waals surface area contributed by atoms with E-state index in [0.717, 1.165) is 18.7 Å². The van der Waals surface area contributed by atoms with Gasteiger partial charge in [-0.1, -0.05) is 13.0 Å². The van der Waals surface area contributed by atoms with E-state index in [2.05, 4.69) is 22.3 Å². The van der Waals surface area contributed by atoms with Crippen molar-refractivity contribution in [2.24, 2.45) is 0 Å². The van der Waals surface area contributed by atoms with Crippen LogP contribution in [0.1, 0.15) is 23.7 Å². The summed E-state index contributed by atoms with van der Waals surface area (Å²) in [5.41, 5.74) is 1.26. The van der Waals surface area contributed by atoms with Crippen molar-refractivity contribution in [2.75, 3.05) is 19.0 Å². The quantitative estimate of drug-likeness (QED) is 0.635. The van der Waals surface area contributed by atoms with Gasteiger partial charge in [0.05, 0.1) is 12.7 Å². The van der Waals surface area contributed by atoms with E-state index in [9.17, 15) is 4.79 Å². The van der Waals surface area contributed by atoms with Gasteiger partial charge in [0.25, 0.3) is 0 Å². The minimum atomic E-state index is -0.360. The highest BCUT2D eigenvalue weighted by Gasteiger charge is 2.05. The Morgan fingerprint density at radius 1 is 1.47 bits per heavy atom. The summed E-state index contributed by atoms with van der Waals surface area (Å²) in [6.45, 7) is 2.88. The largest absolute Gasteiger partial charge is 0.465 e. The monoisotopic (exact) mass is 252 g/mol. The Balaban J connectivity index is 2.65. The van der Waals surface area contributed by atoms with E-state index in [1.54, 1.807) is 18.2 Å². The normalized spacial score (nSPS) is 9.53. The van der Waals surface area contributed by atoms with Gasteiger partial charge in [0.1, 0.15) is 0 Å². The van der Waals surface area contributed by atoms with Crippen molar-refractivity contribution in [1.82, 2.24) is 5.32 Å². The van der Waals surface area contributed by atoms with Crippen molar-refractivity contribution in [1.29, 1.82) is 0 Å². The maximum absolute atomic E-state index is 11.3. The Hall–Kier alpha value is -1.62. The number of nitrogens with one attached hydrogen (secondary N) is 2. The lowest BCUT2D eigenvalue weighted by molar-refractivity contribution is 0.0601. The second-order valence-electron chi connectivity index (χ2n) is 3.45. The number of carbonyl (C=O) groups is 1. The van der Waals surface area contributed by atoms with E-state index in [0.29, 0.717) is 10.7 Å². The molecular weight excluding hydrogens is 236 g/mol. The highest BCUT2D eigenvalue weighted by molar-refractivity contribution is 7.80. The predicted octanol–water partition coefficient (Wildman–Crippen LogP) is 2.17. The van der Waals surface area contributed by atoms with Crippen molar-refractivity contribution in [3.63, 3.8) is 0 Å². The lowest BCUT2D eigenvalue weighted by atomic mass is 10.2. The van der Waals surface area contributed by atoms with Crippen LogP contribution in [0.5, 0.6) is 0 Å². The number of ether oxygens (including phenoxy) is 1. The molecule has 5 heteroatoms. The van der Waals surface area contributed by atoms with Crippen molar-refractivity contribution in [2.45, 2.75) is 13.3 Å². The first-order chi connectivity index (χ1) is 8.17. The maximum atomic E-state index is 11.3. The van der Waals surface area contributed by atoms with Crippen LogP contribution in [-0.4, -0.2) is 24.7 Å². The third-order valence-corrected chi connectivity index (χ3v) is 2.32. The average molecular weight is 252 g/mol. The van der Waals surface area contributed by atoms with Crippen molar-refractivity contribution < 1.29 is 9.53 Å². The molecule has 0 atom stereocenters. The molecule has 0 fully saturated rings. The smallest absolute Gasteiger partial charge is 0.337 e. The molecular formula is C12H16N2O2S. The maximum Gasteiger partial charge on any atom is 0.337 e.